The Morgan fingerprint density at radius 2 is 2.18 bits per heavy atom. The van der Waals surface area contributed by atoms with Crippen molar-refractivity contribution in [2.75, 3.05) is 13.2 Å². The molecule has 1 aliphatic heterocycles. The van der Waals surface area contributed by atoms with Crippen molar-refractivity contribution >= 4 is 0 Å². The number of aliphatic hydroxyl groups is 3. The van der Waals surface area contributed by atoms with Crippen LogP contribution in [-0.4, -0.2) is 59.2 Å². The summed E-state index contributed by atoms with van der Waals surface area (Å²) in [6.07, 6.45) is -3.24. The van der Waals surface area contributed by atoms with Crippen LogP contribution in [0.15, 0.2) is 17.8 Å². The Kier molecular flexibility index (Phi) is 5.36. The molecule has 8 heteroatoms. The van der Waals surface area contributed by atoms with Gasteiger partial charge in [-0.05, 0) is 5.53 Å². The largest absolute Gasteiger partial charge is 0.394 e. The Hall–Kier alpha value is -1.15. The molecule has 5 atom stereocenters. The first-order valence-electron chi connectivity index (χ1n) is 5.04. The van der Waals surface area contributed by atoms with Gasteiger partial charge in [0.1, 0.15) is 18.2 Å². The fraction of sp³-hybridized carbons (Fsp3) is 0.778. The predicted octanol–water partition coefficient (Wildman–Crippen LogP) is -0.693. The summed E-state index contributed by atoms with van der Waals surface area (Å²) < 4.78 is 10.4. The van der Waals surface area contributed by atoms with E-state index in [1.807, 2.05) is 0 Å². The third-order valence-corrected chi connectivity index (χ3v) is 2.41. The van der Waals surface area contributed by atoms with E-state index in [1.54, 1.807) is 0 Å². The van der Waals surface area contributed by atoms with E-state index in [9.17, 15) is 10.2 Å². The lowest BCUT2D eigenvalue weighted by Gasteiger charge is -2.39. The van der Waals surface area contributed by atoms with Crippen molar-refractivity contribution in [3.05, 3.63) is 23.1 Å². The highest BCUT2D eigenvalue weighted by Gasteiger charge is 2.44. The molecule has 0 bridgehead atoms. The second kappa shape index (κ2) is 6.55. The van der Waals surface area contributed by atoms with Gasteiger partial charge >= 0.3 is 0 Å². The van der Waals surface area contributed by atoms with Crippen LogP contribution in [0, 0.1) is 0 Å². The summed E-state index contributed by atoms with van der Waals surface area (Å²) in [6.45, 7) is 3.10. The summed E-state index contributed by atoms with van der Waals surface area (Å²) in [5.41, 5.74) is 8.37. The Morgan fingerprint density at radius 1 is 1.47 bits per heavy atom. The van der Waals surface area contributed by atoms with Gasteiger partial charge in [0.25, 0.3) is 0 Å². The smallest absolute Gasteiger partial charge is 0.169 e. The molecule has 96 valence electrons. The summed E-state index contributed by atoms with van der Waals surface area (Å²) in [7, 11) is 0. The number of nitrogens with zero attached hydrogens (tertiary/aromatic N) is 3. The van der Waals surface area contributed by atoms with Gasteiger partial charge in [0.15, 0.2) is 6.29 Å². The summed E-state index contributed by atoms with van der Waals surface area (Å²) in [6, 6.07) is -1.07. The highest BCUT2D eigenvalue weighted by atomic mass is 16.7. The van der Waals surface area contributed by atoms with Gasteiger partial charge in [0.2, 0.25) is 0 Å². The van der Waals surface area contributed by atoms with E-state index < -0.39 is 37.3 Å². The summed E-state index contributed by atoms with van der Waals surface area (Å²) in [5.74, 6) is 0. The van der Waals surface area contributed by atoms with Crippen molar-refractivity contribution in [3.8, 4) is 0 Å². The molecular formula is C9H15N3O5. The van der Waals surface area contributed by atoms with E-state index >= 15 is 0 Å². The second-order valence-electron chi connectivity index (χ2n) is 3.52. The zero-order chi connectivity index (χ0) is 12.8. The van der Waals surface area contributed by atoms with Crippen LogP contribution in [0.2, 0.25) is 0 Å². The molecule has 17 heavy (non-hydrogen) atoms. The van der Waals surface area contributed by atoms with Crippen LogP contribution in [0.25, 0.3) is 10.4 Å². The summed E-state index contributed by atoms with van der Waals surface area (Å²) in [4.78, 5) is 2.56. The first kappa shape index (κ1) is 13.9. The molecule has 0 aromatic heterocycles. The molecule has 1 rings (SSSR count). The van der Waals surface area contributed by atoms with Crippen molar-refractivity contribution in [1.82, 2.24) is 0 Å². The lowest BCUT2D eigenvalue weighted by molar-refractivity contribution is -0.262. The summed E-state index contributed by atoms with van der Waals surface area (Å²) >= 11 is 0. The van der Waals surface area contributed by atoms with Crippen LogP contribution in [-0.2, 0) is 9.47 Å². The Morgan fingerprint density at radius 3 is 2.71 bits per heavy atom. The van der Waals surface area contributed by atoms with E-state index in [0.717, 1.165) is 0 Å². The fourth-order valence-electron chi connectivity index (χ4n) is 1.55. The maximum absolute atomic E-state index is 9.73. The van der Waals surface area contributed by atoms with Crippen LogP contribution in [0.1, 0.15) is 0 Å². The van der Waals surface area contributed by atoms with Crippen LogP contribution in [0.3, 0.4) is 0 Å². The lowest BCUT2D eigenvalue weighted by atomic mass is 9.98. The zero-order valence-corrected chi connectivity index (χ0v) is 9.09. The van der Waals surface area contributed by atoms with Gasteiger partial charge in [-0.25, -0.2) is 0 Å². The van der Waals surface area contributed by atoms with Gasteiger partial charge in [-0.1, -0.05) is 11.2 Å². The van der Waals surface area contributed by atoms with E-state index in [4.69, 9.17) is 20.1 Å². The number of azide groups is 1. The summed E-state index contributed by atoms with van der Waals surface area (Å²) in [5, 5.41) is 31.6. The van der Waals surface area contributed by atoms with Crippen molar-refractivity contribution < 1.29 is 24.8 Å². The average Bonchev–Trinajstić information content (AvgIpc) is 2.34. The molecule has 0 aromatic carbocycles. The minimum atomic E-state index is -1.35. The monoisotopic (exact) mass is 245 g/mol. The van der Waals surface area contributed by atoms with E-state index in [0.29, 0.717) is 0 Å². The van der Waals surface area contributed by atoms with Gasteiger partial charge in [0.05, 0.1) is 19.3 Å². The number of rotatable bonds is 5. The SMILES string of the molecule is C=CCOC1OC(CO)C(O)C(O)C1N=[N+]=[N-]. The van der Waals surface area contributed by atoms with E-state index in [1.165, 1.54) is 6.08 Å². The van der Waals surface area contributed by atoms with Gasteiger partial charge in [-0.3, -0.25) is 0 Å². The van der Waals surface area contributed by atoms with Gasteiger partial charge in [-0.2, -0.15) is 0 Å². The standard InChI is InChI=1S/C9H15N3O5/c1-2-3-16-9-6(11-12-10)8(15)7(14)5(4-13)17-9/h2,5-9,13-15H,1,3-4H2. The van der Waals surface area contributed by atoms with Crippen molar-refractivity contribution in [2.24, 2.45) is 5.11 Å². The number of ether oxygens (including phenoxy) is 2. The first-order valence-corrected chi connectivity index (χ1v) is 5.04. The Balaban J connectivity index is 2.82. The molecule has 1 heterocycles. The third-order valence-electron chi connectivity index (χ3n) is 2.41. The van der Waals surface area contributed by atoms with Crippen LogP contribution in [0.5, 0.6) is 0 Å². The molecule has 0 saturated carbocycles. The molecule has 1 aliphatic rings. The molecule has 0 radical (unpaired) electrons. The highest BCUT2D eigenvalue weighted by Crippen LogP contribution is 2.24. The first-order chi connectivity index (χ1) is 8.15. The topological polar surface area (TPSA) is 128 Å². The molecule has 1 saturated heterocycles. The van der Waals surface area contributed by atoms with Gasteiger partial charge in [0, 0.05) is 4.91 Å². The quantitative estimate of drug-likeness (QED) is 0.255. The zero-order valence-electron chi connectivity index (χ0n) is 9.09. The lowest BCUT2D eigenvalue weighted by Crippen LogP contribution is -2.58. The Bertz CT molecular complexity index is 307. The van der Waals surface area contributed by atoms with Crippen LogP contribution < -0.4 is 0 Å². The molecule has 5 unspecified atom stereocenters. The molecule has 0 aromatic rings. The van der Waals surface area contributed by atoms with E-state index in [-0.39, 0.29) is 6.61 Å². The van der Waals surface area contributed by atoms with Crippen molar-refractivity contribution in [3.63, 3.8) is 0 Å². The van der Waals surface area contributed by atoms with Crippen molar-refractivity contribution in [2.45, 2.75) is 30.6 Å². The predicted molar refractivity (Wildman–Crippen MR) is 56.8 cm³/mol. The molecule has 0 spiro atoms. The molecule has 1 fully saturated rings. The highest BCUT2D eigenvalue weighted by molar-refractivity contribution is 4.93. The molecule has 8 nitrogen and oxygen atoms in total. The van der Waals surface area contributed by atoms with Crippen molar-refractivity contribution in [1.29, 1.82) is 0 Å². The molecule has 0 amide bonds. The molecule has 0 aliphatic carbocycles. The van der Waals surface area contributed by atoms with E-state index in [2.05, 4.69) is 16.6 Å². The fourth-order valence-corrected chi connectivity index (χ4v) is 1.55. The number of hydrogen-bond acceptors (Lipinski definition) is 6. The van der Waals surface area contributed by atoms with Crippen LogP contribution >= 0.6 is 0 Å². The number of aliphatic hydroxyl groups excluding tert-OH is 3. The molecule has 3 N–H and O–H groups in total. The normalized spacial score (nSPS) is 37.2. The third kappa shape index (κ3) is 3.16. The Labute approximate surface area is 97.7 Å². The minimum Gasteiger partial charge on any atom is -0.394 e. The average molecular weight is 245 g/mol. The maximum Gasteiger partial charge on any atom is 0.169 e. The second-order valence-corrected chi connectivity index (χ2v) is 3.52. The van der Waals surface area contributed by atoms with Gasteiger partial charge in [-0.15, -0.1) is 6.58 Å². The van der Waals surface area contributed by atoms with Gasteiger partial charge < -0.3 is 24.8 Å². The number of hydrogen-bond donors (Lipinski definition) is 3. The maximum atomic E-state index is 9.73. The van der Waals surface area contributed by atoms with Crippen LogP contribution in [0.4, 0.5) is 0 Å². The minimum absolute atomic E-state index is 0.128. The molecular weight excluding hydrogens is 230 g/mol.